The van der Waals surface area contributed by atoms with Crippen molar-refractivity contribution in [3.05, 3.63) is 59.4 Å². The van der Waals surface area contributed by atoms with Crippen molar-refractivity contribution in [1.82, 2.24) is 0 Å². The van der Waals surface area contributed by atoms with E-state index < -0.39 is 12.2 Å². The number of fused-ring (bicyclic) bond motifs is 1. The number of aryl methyl sites for hydroxylation is 1. The number of rotatable bonds is 2. The summed E-state index contributed by atoms with van der Waals surface area (Å²) in [4.78, 5) is 0. The van der Waals surface area contributed by atoms with Crippen LogP contribution in [0.2, 0.25) is 0 Å². The molecule has 3 rings (SSSR count). The summed E-state index contributed by atoms with van der Waals surface area (Å²) in [5.41, 5.74) is 1.26. The fourth-order valence-corrected chi connectivity index (χ4v) is 2.34. The van der Waals surface area contributed by atoms with Gasteiger partial charge in [-0.25, -0.2) is 4.39 Å². The molecule has 1 N–H and O–H groups in total. The number of aliphatic hydroxyl groups is 1. The lowest BCUT2D eigenvalue weighted by Crippen LogP contribution is -2.34. The maximum Gasteiger partial charge on any atom is 0.163 e. The topological polar surface area (TPSA) is 38.7 Å². The second kappa shape index (κ2) is 5.13. The van der Waals surface area contributed by atoms with Crippen molar-refractivity contribution in [3.63, 3.8) is 0 Å². The number of aliphatic hydroxyl groups excluding tert-OH is 1. The zero-order chi connectivity index (χ0) is 14.1. The predicted molar refractivity (Wildman–Crippen MR) is 72.4 cm³/mol. The Morgan fingerprint density at radius 1 is 1.20 bits per heavy atom. The highest BCUT2D eigenvalue weighted by Gasteiger charge is 2.28. The van der Waals surface area contributed by atoms with Crippen LogP contribution in [-0.4, -0.2) is 17.8 Å². The van der Waals surface area contributed by atoms with Crippen molar-refractivity contribution in [2.75, 3.05) is 6.61 Å². The number of ether oxygens (including phenoxy) is 2. The quantitative estimate of drug-likeness (QED) is 0.915. The molecule has 0 fully saturated rings. The van der Waals surface area contributed by atoms with Crippen LogP contribution in [0.1, 0.15) is 17.2 Å². The maximum atomic E-state index is 13.4. The van der Waals surface area contributed by atoms with Gasteiger partial charge in [0.15, 0.2) is 17.6 Å². The fourth-order valence-electron chi connectivity index (χ4n) is 2.34. The number of halogens is 1. The van der Waals surface area contributed by atoms with Gasteiger partial charge >= 0.3 is 0 Å². The van der Waals surface area contributed by atoms with Gasteiger partial charge in [-0.3, -0.25) is 0 Å². The molecule has 2 aromatic rings. The molecule has 1 aliphatic rings. The lowest BCUT2D eigenvalue weighted by atomic mass is 10.0. The molecule has 0 amide bonds. The smallest absolute Gasteiger partial charge is 0.163 e. The molecule has 2 atom stereocenters. The first-order valence-electron chi connectivity index (χ1n) is 6.47. The average molecular weight is 274 g/mol. The Labute approximate surface area is 116 Å². The molecule has 0 spiro atoms. The van der Waals surface area contributed by atoms with Gasteiger partial charge in [-0.2, -0.15) is 0 Å². The van der Waals surface area contributed by atoms with Gasteiger partial charge in [-0.15, -0.1) is 0 Å². The first kappa shape index (κ1) is 12.9. The third-order valence-corrected chi connectivity index (χ3v) is 3.29. The van der Waals surface area contributed by atoms with E-state index in [1.54, 1.807) is 19.1 Å². The summed E-state index contributed by atoms with van der Waals surface area (Å²) in [5, 5.41) is 10.3. The lowest BCUT2D eigenvalue weighted by molar-refractivity contribution is -0.0114. The SMILES string of the molecule is Cc1cc(F)cc(C(O)C2COc3ccccc3O2)c1. The zero-order valence-corrected chi connectivity index (χ0v) is 11.0. The average Bonchev–Trinajstić information content (AvgIpc) is 2.45. The molecule has 0 aliphatic carbocycles. The van der Waals surface area contributed by atoms with Crippen LogP contribution in [0.4, 0.5) is 4.39 Å². The second-order valence-electron chi connectivity index (χ2n) is 4.92. The molecule has 0 saturated carbocycles. The fraction of sp³-hybridized carbons (Fsp3) is 0.250. The molecule has 4 heteroatoms. The van der Waals surface area contributed by atoms with Gasteiger partial charge in [-0.1, -0.05) is 18.2 Å². The van der Waals surface area contributed by atoms with Gasteiger partial charge in [0.2, 0.25) is 0 Å². The Balaban J connectivity index is 1.83. The summed E-state index contributed by atoms with van der Waals surface area (Å²) in [5.74, 6) is 0.887. The minimum atomic E-state index is -0.933. The second-order valence-corrected chi connectivity index (χ2v) is 4.92. The Morgan fingerprint density at radius 3 is 2.70 bits per heavy atom. The Bertz CT molecular complexity index is 607. The zero-order valence-electron chi connectivity index (χ0n) is 11.0. The van der Waals surface area contributed by atoms with Crippen molar-refractivity contribution in [2.45, 2.75) is 19.1 Å². The van der Waals surface area contributed by atoms with E-state index in [1.165, 1.54) is 12.1 Å². The predicted octanol–water partition coefficient (Wildman–Crippen LogP) is 3.01. The van der Waals surface area contributed by atoms with E-state index in [9.17, 15) is 9.50 Å². The molecule has 2 aromatic carbocycles. The summed E-state index contributed by atoms with van der Waals surface area (Å²) < 4.78 is 24.7. The van der Waals surface area contributed by atoms with Crippen LogP contribution in [-0.2, 0) is 0 Å². The largest absolute Gasteiger partial charge is 0.486 e. The highest BCUT2D eigenvalue weighted by molar-refractivity contribution is 5.41. The monoisotopic (exact) mass is 274 g/mol. The Morgan fingerprint density at radius 2 is 1.95 bits per heavy atom. The molecular formula is C16H15FO3. The van der Waals surface area contributed by atoms with Crippen LogP contribution in [0.3, 0.4) is 0 Å². The summed E-state index contributed by atoms with van der Waals surface area (Å²) in [6.07, 6.45) is -1.48. The van der Waals surface area contributed by atoms with Crippen LogP contribution in [0.15, 0.2) is 42.5 Å². The normalized spacial score (nSPS) is 18.6. The Kier molecular flexibility index (Phi) is 3.32. The molecule has 0 bridgehead atoms. The summed E-state index contributed by atoms with van der Waals surface area (Å²) in [7, 11) is 0. The van der Waals surface area contributed by atoms with Crippen LogP contribution < -0.4 is 9.47 Å². The summed E-state index contributed by atoms with van der Waals surface area (Å²) in [6, 6.07) is 11.8. The van der Waals surface area contributed by atoms with Gasteiger partial charge in [0.05, 0.1) is 0 Å². The maximum absolute atomic E-state index is 13.4. The van der Waals surface area contributed by atoms with Crippen molar-refractivity contribution >= 4 is 0 Å². The highest BCUT2D eigenvalue weighted by Crippen LogP contribution is 2.34. The molecule has 104 valence electrons. The first-order valence-corrected chi connectivity index (χ1v) is 6.47. The van der Waals surface area contributed by atoms with Gasteiger partial charge in [0, 0.05) is 0 Å². The van der Waals surface area contributed by atoms with E-state index in [2.05, 4.69) is 0 Å². The standard InChI is InChI=1S/C16H15FO3/c1-10-6-11(8-12(17)7-10)16(18)15-9-19-13-4-2-3-5-14(13)20-15/h2-8,15-16,18H,9H2,1H3. The molecule has 1 aliphatic heterocycles. The molecule has 2 unspecified atom stereocenters. The molecule has 1 heterocycles. The van der Waals surface area contributed by atoms with E-state index in [1.807, 2.05) is 18.2 Å². The van der Waals surface area contributed by atoms with Crippen LogP contribution in [0.5, 0.6) is 11.5 Å². The molecule has 20 heavy (non-hydrogen) atoms. The Hall–Kier alpha value is -2.07. The van der Waals surface area contributed by atoms with Gasteiger partial charge in [-0.05, 0) is 42.3 Å². The van der Waals surface area contributed by atoms with Gasteiger partial charge in [0.25, 0.3) is 0 Å². The van der Waals surface area contributed by atoms with E-state index in [0.717, 1.165) is 5.56 Å². The first-order chi connectivity index (χ1) is 9.63. The molecule has 3 nitrogen and oxygen atoms in total. The third kappa shape index (κ3) is 2.47. The van der Waals surface area contributed by atoms with Crippen molar-refractivity contribution in [3.8, 4) is 11.5 Å². The van der Waals surface area contributed by atoms with Gasteiger partial charge in [0.1, 0.15) is 18.5 Å². The van der Waals surface area contributed by atoms with E-state index in [-0.39, 0.29) is 12.4 Å². The molecule has 0 radical (unpaired) electrons. The van der Waals surface area contributed by atoms with Crippen LogP contribution in [0.25, 0.3) is 0 Å². The lowest BCUT2D eigenvalue weighted by Gasteiger charge is -2.29. The van der Waals surface area contributed by atoms with Crippen molar-refractivity contribution in [2.24, 2.45) is 0 Å². The van der Waals surface area contributed by atoms with Crippen molar-refractivity contribution in [1.29, 1.82) is 0 Å². The number of hydrogen-bond donors (Lipinski definition) is 1. The van der Waals surface area contributed by atoms with Crippen LogP contribution >= 0.6 is 0 Å². The summed E-state index contributed by atoms with van der Waals surface area (Å²) in [6.45, 7) is 2.01. The molecule has 0 saturated heterocycles. The molecular weight excluding hydrogens is 259 g/mol. The van der Waals surface area contributed by atoms with E-state index in [4.69, 9.17) is 9.47 Å². The van der Waals surface area contributed by atoms with Crippen LogP contribution in [0, 0.1) is 12.7 Å². The number of hydrogen-bond acceptors (Lipinski definition) is 3. The van der Waals surface area contributed by atoms with Gasteiger partial charge < -0.3 is 14.6 Å². The minimum absolute atomic E-state index is 0.230. The number of para-hydroxylation sites is 2. The highest BCUT2D eigenvalue weighted by atomic mass is 19.1. The third-order valence-electron chi connectivity index (χ3n) is 3.29. The summed E-state index contributed by atoms with van der Waals surface area (Å²) >= 11 is 0. The number of benzene rings is 2. The minimum Gasteiger partial charge on any atom is -0.486 e. The molecule has 0 aromatic heterocycles. The van der Waals surface area contributed by atoms with Crippen molar-refractivity contribution < 1.29 is 19.0 Å². The van der Waals surface area contributed by atoms with E-state index in [0.29, 0.717) is 17.1 Å². The van der Waals surface area contributed by atoms with E-state index >= 15 is 0 Å².